The summed E-state index contributed by atoms with van der Waals surface area (Å²) >= 11 is 0. The number of ether oxygens (including phenoxy) is 2. The van der Waals surface area contributed by atoms with E-state index < -0.39 is 5.60 Å². The number of aldehydes is 1. The first-order chi connectivity index (χ1) is 11.5. The average molecular weight is 333 g/mol. The van der Waals surface area contributed by atoms with Crippen LogP contribution in [0.2, 0.25) is 0 Å². The van der Waals surface area contributed by atoms with Crippen molar-refractivity contribution in [1.82, 2.24) is 4.98 Å². The Morgan fingerprint density at radius 3 is 2.67 bits per heavy atom. The second-order valence-corrected chi connectivity index (χ2v) is 6.47. The maximum atomic E-state index is 11.3. The third kappa shape index (κ3) is 4.15. The largest absolute Gasteiger partial charge is 0.494 e. The van der Waals surface area contributed by atoms with Crippen molar-refractivity contribution in [1.29, 1.82) is 0 Å². The Morgan fingerprint density at radius 1 is 1.29 bits per heavy atom. The molecule has 1 atom stereocenters. The van der Waals surface area contributed by atoms with Gasteiger partial charge in [0.15, 0.2) is 17.8 Å². The molecular weight excluding hydrogens is 306 g/mol. The second-order valence-electron chi connectivity index (χ2n) is 6.47. The molecular formula is C19H27NO4. The van der Waals surface area contributed by atoms with Gasteiger partial charge in [-0.3, -0.25) is 9.78 Å². The van der Waals surface area contributed by atoms with E-state index in [4.69, 9.17) is 9.47 Å². The van der Waals surface area contributed by atoms with Crippen LogP contribution < -0.4 is 9.47 Å². The summed E-state index contributed by atoms with van der Waals surface area (Å²) in [5.74, 6) is 0.815. The molecule has 1 aromatic heterocycles. The fourth-order valence-electron chi connectivity index (χ4n) is 3.41. The molecule has 0 amide bonds. The summed E-state index contributed by atoms with van der Waals surface area (Å²) in [4.78, 5) is 15.4. The van der Waals surface area contributed by atoms with Gasteiger partial charge in [0, 0.05) is 0 Å². The number of methoxy groups -OCH3 is 1. The Labute approximate surface area is 143 Å². The molecule has 2 rings (SSSR count). The van der Waals surface area contributed by atoms with Gasteiger partial charge >= 0.3 is 0 Å². The van der Waals surface area contributed by atoms with Gasteiger partial charge in [0.05, 0.1) is 25.1 Å². The molecule has 1 N–H and O–H groups in total. The van der Waals surface area contributed by atoms with Gasteiger partial charge in [-0.1, -0.05) is 13.3 Å². The summed E-state index contributed by atoms with van der Waals surface area (Å²) in [6.45, 7) is 4.33. The van der Waals surface area contributed by atoms with Gasteiger partial charge in [0.1, 0.15) is 12.2 Å². The van der Waals surface area contributed by atoms with E-state index in [9.17, 15) is 9.90 Å². The van der Waals surface area contributed by atoms with Crippen molar-refractivity contribution in [2.45, 2.75) is 58.0 Å². The third-order valence-electron chi connectivity index (χ3n) is 4.62. The van der Waals surface area contributed by atoms with Crippen LogP contribution in [0, 0.1) is 0 Å². The molecule has 1 unspecified atom stereocenters. The van der Waals surface area contributed by atoms with E-state index in [1.54, 1.807) is 0 Å². The molecule has 5 nitrogen and oxygen atoms in total. The monoisotopic (exact) mass is 333 g/mol. The Balaban J connectivity index is 2.23. The zero-order valence-electron chi connectivity index (χ0n) is 14.8. The minimum absolute atomic E-state index is 0.366. The molecule has 0 saturated heterocycles. The minimum Gasteiger partial charge on any atom is -0.494 e. The van der Waals surface area contributed by atoms with Gasteiger partial charge < -0.3 is 14.6 Å². The highest BCUT2D eigenvalue weighted by atomic mass is 16.5. The third-order valence-corrected chi connectivity index (χ3v) is 4.62. The maximum Gasteiger partial charge on any atom is 0.157 e. The number of pyridine rings is 1. The van der Waals surface area contributed by atoms with E-state index in [1.807, 2.05) is 6.92 Å². The van der Waals surface area contributed by atoms with Crippen LogP contribution in [0.1, 0.15) is 62.7 Å². The minimum atomic E-state index is -0.784. The van der Waals surface area contributed by atoms with Crippen LogP contribution in [0.25, 0.3) is 0 Å². The van der Waals surface area contributed by atoms with Crippen molar-refractivity contribution >= 4 is 6.29 Å². The highest BCUT2D eigenvalue weighted by Crippen LogP contribution is 2.35. The Hall–Kier alpha value is -1.88. The molecule has 0 radical (unpaired) electrons. The molecule has 0 aromatic carbocycles. The van der Waals surface area contributed by atoms with E-state index in [0.717, 1.165) is 56.0 Å². The highest BCUT2D eigenvalue weighted by molar-refractivity contribution is 5.83. The SMILES string of the molecule is CCCC(C)(O)C1=C(COc2cncc(OC)c2C=O)CCCC1. The maximum absolute atomic E-state index is 11.3. The molecule has 0 saturated carbocycles. The normalized spacial score (nSPS) is 17.3. The van der Waals surface area contributed by atoms with Gasteiger partial charge in [-0.25, -0.2) is 0 Å². The number of aliphatic hydroxyl groups is 1. The van der Waals surface area contributed by atoms with Crippen molar-refractivity contribution in [3.8, 4) is 11.5 Å². The van der Waals surface area contributed by atoms with E-state index in [2.05, 4.69) is 11.9 Å². The van der Waals surface area contributed by atoms with Crippen LogP contribution in [0.4, 0.5) is 0 Å². The zero-order valence-corrected chi connectivity index (χ0v) is 14.8. The Kier molecular flexibility index (Phi) is 6.37. The van der Waals surface area contributed by atoms with Crippen molar-refractivity contribution in [3.05, 3.63) is 29.1 Å². The van der Waals surface area contributed by atoms with Crippen LogP contribution in [-0.2, 0) is 0 Å². The van der Waals surface area contributed by atoms with Gasteiger partial charge in [-0.2, -0.15) is 0 Å². The van der Waals surface area contributed by atoms with E-state index >= 15 is 0 Å². The molecule has 0 spiro atoms. The predicted octanol–water partition coefficient (Wildman–Crippen LogP) is 3.70. The number of nitrogens with zero attached hydrogens (tertiary/aromatic N) is 1. The molecule has 1 heterocycles. The molecule has 1 aliphatic rings. The Bertz CT molecular complexity index is 607. The Morgan fingerprint density at radius 2 is 2.00 bits per heavy atom. The van der Waals surface area contributed by atoms with Gasteiger partial charge in [-0.05, 0) is 50.2 Å². The van der Waals surface area contributed by atoms with Crippen molar-refractivity contribution in [2.75, 3.05) is 13.7 Å². The lowest BCUT2D eigenvalue weighted by Gasteiger charge is -2.32. The number of hydrogen-bond acceptors (Lipinski definition) is 5. The number of aromatic nitrogens is 1. The standard InChI is InChI=1S/C19H27NO4/c1-4-9-19(2,22)16-8-6-5-7-14(16)13-24-18-11-20-10-17(23-3)15(18)12-21/h10-12,22H,4-9,13H2,1-3H3. The molecule has 1 aromatic rings. The average Bonchev–Trinajstić information content (AvgIpc) is 2.59. The van der Waals surface area contributed by atoms with Crippen LogP contribution in [-0.4, -0.2) is 35.7 Å². The van der Waals surface area contributed by atoms with E-state index in [1.165, 1.54) is 19.5 Å². The topological polar surface area (TPSA) is 68.7 Å². The van der Waals surface area contributed by atoms with Gasteiger partial charge in [0.2, 0.25) is 0 Å². The van der Waals surface area contributed by atoms with Crippen LogP contribution in [0.5, 0.6) is 11.5 Å². The smallest absolute Gasteiger partial charge is 0.157 e. The lowest BCUT2D eigenvalue weighted by Crippen LogP contribution is -2.30. The van der Waals surface area contributed by atoms with Crippen molar-refractivity contribution in [2.24, 2.45) is 0 Å². The van der Waals surface area contributed by atoms with Crippen molar-refractivity contribution < 1.29 is 19.4 Å². The number of rotatable bonds is 8. The fraction of sp³-hybridized carbons (Fsp3) is 0.579. The van der Waals surface area contributed by atoms with Gasteiger partial charge in [0.25, 0.3) is 0 Å². The first-order valence-electron chi connectivity index (χ1n) is 8.57. The number of carbonyl (C=O) groups is 1. The highest BCUT2D eigenvalue weighted by Gasteiger charge is 2.29. The number of hydrogen-bond donors (Lipinski definition) is 1. The van der Waals surface area contributed by atoms with Crippen LogP contribution in [0.15, 0.2) is 23.5 Å². The number of carbonyl (C=O) groups excluding carboxylic acids is 1. The summed E-state index contributed by atoms with van der Waals surface area (Å²) in [5.41, 5.74) is 1.82. The summed E-state index contributed by atoms with van der Waals surface area (Å²) < 4.78 is 11.0. The molecule has 5 heteroatoms. The summed E-state index contributed by atoms with van der Waals surface area (Å²) in [7, 11) is 1.50. The van der Waals surface area contributed by atoms with Crippen LogP contribution in [0.3, 0.4) is 0 Å². The molecule has 0 aliphatic heterocycles. The molecule has 0 bridgehead atoms. The van der Waals surface area contributed by atoms with Gasteiger partial charge in [-0.15, -0.1) is 0 Å². The lowest BCUT2D eigenvalue weighted by molar-refractivity contribution is 0.0800. The zero-order chi connectivity index (χ0) is 17.6. The first kappa shape index (κ1) is 18.5. The van der Waals surface area contributed by atoms with E-state index in [-0.39, 0.29) is 0 Å². The van der Waals surface area contributed by atoms with E-state index in [0.29, 0.717) is 23.7 Å². The van der Waals surface area contributed by atoms with Crippen LogP contribution >= 0.6 is 0 Å². The molecule has 132 valence electrons. The fourth-order valence-corrected chi connectivity index (χ4v) is 3.41. The molecule has 24 heavy (non-hydrogen) atoms. The summed E-state index contributed by atoms with van der Waals surface area (Å²) in [6.07, 6.45) is 9.43. The predicted molar refractivity (Wildman–Crippen MR) is 92.7 cm³/mol. The quantitative estimate of drug-likeness (QED) is 0.580. The molecule has 1 aliphatic carbocycles. The summed E-state index contributed by atoms with van der Waals surface area (Å²) in [6, 6.07) is 0. The second kappa shape index (κ2) is 8.29. The first-order valence-corrected chi connectivity index (χ1v) is 8.57. The molecule has 0 fully saturated rings. The summed E-state index contributed by atoms with van der Waals surface area (Å²) in [5, 5.41) is 10.8. The van der Waals surface area contributed by atoms with Crippen molar-refractivity contribution in [3.63, 3.8) is 0 Å². The lowest BCUT2D eigenvalue weighted by atomic mass is 9.80.